The number of aliphatic hydroxyl groups is 1. The van der Waals surface area contributed by atoms with Gasteiger partial charge >= 0.3 is 5.97 Å². The predicted octanol–water partition coefficient (Wildman–Crippen LogP) is 0.742. The van der Waals surface area contributed by atoms with Crippen molar-refractivity contribution < 1.29 is 19.8 Å². The van der Waals surface area contributed by atoms with Gasteiger partial charge in [0.2, 0.25) is 5.91 Å². The quantitative estimate of drug-likeness (QED) is 0.432. The fraction of sp³-hybridized carbons (Fsp3) is 0.278. The molecule has 0 spiro atoms. The zero-order valence-electron chi connectivity index (χ0n) is 14.4. The summed E-state index contributed by atoms with van der Waals surface area (Å²) in [5, 5.41) is 26.7. The van der Waals surface area contributed by atoms with Crippen molar-refractivity contribution in [2.75, 3.05) is 6.54 Å². The number of carboxylic acids is 1. The Balaban J connectivity index is 1.72. The topological polar surface area (TPSA) is 153 Å². The maximum absolute atomic E-state index is 12.3. The number of carbonyl (C=O) groups is 2. The number of amides is 1. The van der Waals surface area contributed by atoms with Crippen molar-refractivity contribution in [1.29, 1.82) is 5.41 Å². The number of aliphatic carboxylic acids is 1. The number of benzene rings is 1. The highest BCUT2D eigenvalue weighted by atomic mass is 16.4. The van der Waals surface area contributed by atoms with Gasteiger partial charge in [0, 0.05) is 30.1 Å². The standard InChI is InChI=1S/C18H19N5O4/c19-15(20)13-8-21-16(22-9-13)10-1-3-11(4-2-10)17(26)23-6-5-12(18(23)27)7-14(24)25/h1-4,8-9,12,17,26H,5-7H2,(H3,19,20)(H,24,25). The zero-order valence-corrected chi connectivity index (χ0v) is 14.4. The van der Waals surface area contributed by atoms with E-state index in [1.165, 1.54) is 17.3 Å². The lowest BCUT2D eigenvalue weighted by atomic mass is 10.0. The fourth-order valence-corrected chi connectivity index (χ4v) is 3.01. The van der Waals surface area contributed by atoms with E-state index in [0.717, 1.165) is 0 Å². The van der Waals surface area contributed by atoms with Gasteiger partial charge in [-0.2, -0.15) is 0 Å². The van der Waals surface area contributed by atoms with Crippen LogP contribution in [0.4, 0.5) is 0 Å². The summed E-state index contributed by atoms with van der Waals surface area (Å²) in [6, 6.07) is 6.77. The lowest BCUT2D eigenvalue weighted by molar-refractivity contribution is -0.145. The number of aliphatic hydroxyl groups excluding tert-OH is 1. The first-order valence-electron chi connectivity index (χ1n) is 8.34. The van der Waals surface area contributed by atoms with E-state index in [1.807, 2.05) is 0 Å². The Labute approximate surface area is 155 Å². The van der Waals surface area contributed by atoms with Crippen molar-refractivity contribution in [2.45, 2.75) is 19.1 Å². The van der Waals surface area contributed by atoms with Crippen LogP contribution in [0.1, 0.15) is 30.2 Å². The molecule has 2 unspecified atom stereocenters. The van der Waals surface area contributed by atoms with Crippen LogP contribution in [0.25, 0.3) is 11.4 Å². The van der Waals surface area contributed by atoms with Gasteiger partial charge < -0.3 is 20.8 Å². The summed E-state index contributed by atoms with van der Waals surface area (Å²) in [7, 11) is 0. The Morgan fingerprint density at radius 2 is 1.93 bits per heavy atom. The lowest BCUT2D eigenvalue weighted by Crippen LogP contribution is -2.32. The molecular weight excluding hydrogens is 350 g/mol. The van der Waals surface area contributed by atoms with Crippen LogP contribution >= 0.6 is 0 Å². The van der Waals surface area contributed by atoms with Crippen LogP contribution in [0.3, 0.4) is 0 Å². The van der Waals surface area contributed by atoms with Crippen LogP contribution in [0.5, 0.6) is 0 Å². The Hall–Kier alpha value is -3.33. The monoisotopic (exact) mass is 369 g/mol. The molecule has 0 saturated carbocycles. The molecule has 1 aliphatic rings. The number of rotatable bonds is 6. The highest BCUT2D eigenvalue weighted by molar-refractivity contribution is 5.94. The molecule has 27 heavy (non-hydrogen) atoms. The third-order valence-corrected chi connectivity index (χ3v) is 4.50. The highest BCUT2D eigenvalue weighted by Gasteiger charge is 2.36. The van der Waals surface area contributed by atoms with Gasteiger partial charge in [0.25, 0.3) is 0 Å². The van der Waals surface area contributed by atoms with Crippen molar-refractivity contribution in [1.82, 2.24) is 14.9 Å². The molecule has 1 aromatic carbocycles. The minimum absolute atomic E-state index is 0.114. The molecule has 1 amide bonds. The molecule has 2 atom stereocenters. The molecule has 0 radical (unpaired) electrons. The second kappa shape index (κ2) is 7.50. The van der Waals surface area contributed by atoms with Crippen LogP contribution in [0.15, 0.2) is 36.7 Å². The number of carboxylic acid groups (broad SMARTS) is 1. The number of hydrogen-bond acceptors (Lipinski definition) is 6. The predicted molar refractivity (Wildman–Crippen MR) is 95.5 cm³/mol. The summed E-state index contributed by atoms with van der Waals surface area (Å²) in [6.07, 6.45) is 1.97. The van der Waals surface area contributed by atoms with Crippen LogP contribution in [0.2, 0.25) is 0 Å². The van der Waals surface area contributed by atoms with E-state index in [0.29, 0.717) is 35.5 Å². The van der Waals surface area contributed by atoms with Gasteiger partial charge in [0.1, 0.15) is 5.84 Å². The molecule has 0 bridgehead atoms. The Kier molecular flexibility index (Phi) is 5.13. The number of likely N-dealkylation sites (tertiary alicyclic amines) is 1. The molecule has 1 aliphatic heterocycles. The zero-order chi connectivity index (χ0) is 19.6. The van der Waals surface area contributed by atoms with Gasteiger partial charge in [-0.1, -0.05) is 24.3 Å². The molecule has 5 N–H and O–H groups in total. The number of nitrogens with one attached hydrogen (secondary N) is 1. The van der Waals surface area contributed by atoms with Gasteiger partial charge in [0.05, 0.1) is 17.9 Å². The van der Waals surface area contributed by atoms with E-state index in [4.69, 9.17) is 16.2 Å². The van der Waals surface area contributed by atoms with E-state index in [2.05, 4.69) is 9.97 Å². The minimum atomic E-state index is -1.13. The molecule has 2 heterocycles. The number of nitrogens with zero attached hydrogens (tertiary/aromatic N) is 3. The second-order valence-corrected chi connectivity index (χ2v) is 6.32. The maximum atomic E-state index is 12.3. The largest absolute Gasteiger partial charge is 0.481 e. The summed E-state index contributed by atoms with van der Waals surface area (Å²) < 4.78 is 0. The van der Waals surface area contributed by atoms with Gasteiger partial charge in [-0.05, 0) is 6.42 Å². The minimum Gasteiger partial charge on any atom is -0.481 e. The van der Waals surface area contributed by atoms with Crippen molar-refractivity contribution >= 4 is 17.7 Å². The first-order valence-corrected chi connectivity index (χ1v) is 8.34. The van der Waals surface area contributed by atoms with E-state index in [-0.39, 0.29) is 18.2 Å². The van der Waals surface area contributed by atoms with Gasteiger partial charge in [-0.25, -0.2) is 9.97 Å². The molecule has 3 rings (SSSR count). The van der Waals surface area contributed by atoms with Gasteiger partial charge in [0.15, 0.2) is 12.1 Å². The van der Waals surface area contributed by atoms with E-state index < -0.39 is 18.1 Å². The number of aromatic nitrogens is 2. The molecule has 2 aromatic rings. The van der Waals surface area contributed by atoms with E-state index >= 15 is 0 Å². The summed E-state index contributed by atoms with van der Waals surface area (Å²) in [6.45, 7) is 0.315. The first kappa shape index (κ1) is 18.5. The van der Waals surface area contributed by atoms with Crippen LogP contribution in [-0.2, 0) is 9.59 Å². The Morgan fingerprint density at radius 3 is 2.48 bits per heavy atom. The van der Waals surface area contributed by atoms with Crippen molar-refractivity contribution in [3.63, 3.8) is 0 Å². The SMILES string of the molecule is N=C(N)c1cnc(-c2ccc(C(O)N3CCC(CC(=O)O)C3=O)cc2)nc1. The third-order valence-electron chi connectivity index (χ3n) is 4.50. The molecular formula is C18H19N5O4. The second-order valence-electron chi connectivity index (χ2n) is 6.32. The summed E-state index contributed by atoms with van der Waals surface area (Å²) in [5.41, 5.74) is 7.02. The molecule has 1 saturated heterocycles. The van der Waals surface area contributed by atoms with Crippen LogP contribution in [-0.4, -0.2) is 49.3 Å². The fourth-order valence-electron chi connectivity index (χ4n) is 3.01. The highest BCUT2D eigenvalue weighted by Crippen LogP contribution is 2.29. The van der Waals surface area contributed by atoms with Crippen LogP contribution < -0.4 is 5.73 Å². The van der Waals surface area contributed by atoms with E-state index in [9.17, 15) is 14.7 Å². The summed E-state index contributed by atoms with van der Waals surface area (Å²) in [5.74, 6) is -1.64. The number of hydrogen-bond donors (Lipinski definition) is 4. The molecule has 9 nitrogen and oxygen atoms in total. The average molecular weight is 369 g/mol. The molecule has 1 aromatic heterocycles. The molecule has 1 fully saturated rings. The van der Waals surface area contributed by atoms with Crippen molar-refractivity contribution in [3.8, 4) is 11.4 Å². The first-order chi connectivity index (χ1) is 12.9. The van der Waals surface area contributed by atoms with E-state index in [1.54, 1.807) is 24.3 Å². The average Bonchev–Trinajstić information content (AvgIpc) is 3.01. The molecule has 140 valence electrons. The van der Waals surface area contributed by atoms with Crippen molar-refractivity contribution in [2.24, 2.45) is 11.7 Å². The smallest absolute Gasteiger partial charge is 0.304 e. The van der Waals surface area contributed by atoms with Crippen molar-refractivity contribution in [3.05, 3.63) is 47.8 Å². The maximum Gasteiger partial charge on any atom is 0.304 e. The molecule has 9 heteroatoms. The number of amidine groups is 1. The number of nitrogen functional groups attached to an aromatic ring is 1. The third kappa shape index (κ3) is 3.93. The number of carbonyl (C=O) groups excluding carboxylic acids is 1. The summed E-state index contributed by atoms with van der Waals surface area (Å²) >= 11 is 0. The normalized spacial score (nSPS) is 17.7. The van der Waals surface area contributed by atoms with Crippen LogP contribution in [0, 0.1) is 11.3 Å². The Morgan fingerprint density at radius 1 is 1.30 bits per heavy atom. The Bertz CT molecular complexity index is 866. The van der Waals surface area contributed by atoms with Gasteiger partial charge in [-0.3, -0.25) is 15.0 Å². The van der Waals surface area contributed by atoms with Gasteiger partial charge in [-0.15, -0.1) is 0 Å². The lowest BCUT2D eigenvalue weighted by Gasteiger charge is -2.24. The summed E-state index contributed by atoms with van der Waals surface area (Å²) in [4.78, 5) is 32.7. The molecule has 0 aliphatic carbocycles. The number of nitrogens with two attached hydrogens (primary N) is 1.